The molecule has 3 aromatic heterocycles. The number of imidazole rings is 1. The van der Waals surface area contributed by atoms with Crippen LogP contribution in [0.1, 0.15) is 64.1 Å². The minimum atomic E-state index is -0.944. The Morgan fingerprint density at radius 1 is 0.985 bits per heavy atom. The first-order valence-corrected chi connectivity index (χ1v) is 23.1. The highest BCUT2D eigenvalue weighted by molar-refractivity contribution is 7.13. The normalized spacial score (nSPS) is 17.1. The Bertz CT molecular complexity index is 2840. The van der Waals surface area contributed by atoms with E-state index >= 15 is 0 Å². The zero-order valence-corrected chi connectivity index (χ0v) is 38.3. The van der Waals surface area contributed by atoms with Crippen molar-refractivity contribution in [1.82, 2.24) is 40.4 Å². The summed E-state index contributed by atoms with van der Waals surface area (Å²) < 4.78 is 14.7. The number of aryl methyl sites for hydroxylation is 1. The molecule has 0 unspecified atom stereocenters. The van der Waals surface area contributed by atoms with Crippen molar-refractivity contribution in [3.05, 3.63) is 93.6 Å². The molecule has 7 N–H and O–H groups in total. The molecule has 16 nitrogen and oxygen atoms in total. The summed E-state index contributed by atoms with van der Waals surface area (Å²) in [7, 11) is 0. The van der Waals surface area contributed by atoms with Crippen molar-refractivity contribution in [3.8, 4) is 21.8 Å². The standard InChI is InChI=1S/C48H55FN10O6S/c1-27-42(66-26-52-27)29-14-12-28(13-15-29)24-51-45(63)36-23-31(60)25-59(36)47(65)43(48(2,3)4)56-37(61)10-5-6-11-38(62)58-20-18-57(19-21-58)30-16-17-33-35(22-30)54-44(53-33)40-41(50)39-32(49)8-7-9-34(39)55-46(40)64/h7-9,12-17,22,26,31,36,43,60H,5-6,10-11,18-21,23-25H2,1-4H3,(H,51,63)(H,53,54)(H,56,61)(H3,50,55,64)/t31-,36+,43-/m0/s1. The van der Waals surface area contributed by atoms with Gasteiger partial charge in [0.05, 0.1) is 49.8 Å². The summed E-state index contributed by atoms with van der Waals surface area (Å²) in [5, 5.41) is 16.6. The minimum absolute atomic E-state index is 0.000959. The van der Waals surface area contributed by atoms with Gasteiger partial charge in [-0.1, -0.05) is 51.1 Å². The molecular formula is C48H55FN10O6S. The first-order valence-electron chi connectivity index (χ1n) is 22.2. The molecule has 0 aliphatic carbocycles. The molecule has 8 rings (SSSR count). The maximum atomic E-state index is 14.7. The predicted molar refractivity (Wildman–Crippen MR) is 253 cm³/mol. The van der Waals surface area contributed by atoms with Crippen molar-refractivity contribution in [2.75, 3.05) is 43.4 Å². The number of carbonyl (C=O) groups is 4. The van der Waals surface area contributed by atoms with Crippen LogP contribution in [-0.2, 0) is 25.7 Å². The van der Waals surface area contributed by atoms with E-state index in [1.54, 1.807) is 17.4 Å². The lowest BCUT2D eigenvalue weighted by atomic mass is 9.85. The number of nitrogen functional groups attached to an aromatic ring is 1. The minimum Gasteiger partial charge on any atom is -0.397 e. The number of hydrogen-bond donors (Lipinski definition) is 6. The number of benzene rings is 3. The average molecular weight is 919 g/mol. The number of thiazole rings is 1. The van der Waals surface area contributed by atoms with E-state index < -0.39 is 40.9 Å². The van der Waals surface area contributed by atoms with Gasteiger partial charge in [0.15, 0.2) is 0 Å². The second kappa shape index (κ2) is 19.1. The highest BCUT2D eigenvalue weighted by Gasteiger charge is 2.44. The zero-order chi connectivity index (χ0) is 46.9. The second-order valence-electron chi connectivity index (χ2n) is 18.2. The Kier molecular flexibility index (Phi) is 13.2. The molecule has 0 saturated carbocycles. The molecule has 2 aliphatic heterocycles. The number of rotatable bonds is 13. The fraction of sp³-hybridized carbons (Fsp3) is 0.396. The molecule has 3 atom stereocenters. The number of amides is 4. The fourth-order valence-corrected chi connectivity index (χ4v) is 9.64. The number of pyridine rings is 1. The first-order chi connectivity index (χ1) is 31.5. The largest absolute Gasteiger partial charge is 0.397 e. The summed E-state index contributed by atoms with van der Waals surface area (Å²) in [5.41, 5.74) is 12.4. The van der Waals surface area contributed by atoms with Crippen molar-refractivity contribution in [3.63, 3.8) is 0 Å². The highest BCUT2D eigenvalue weighted by atomic mass is 32.1. The Labute approximate surface area is 384 Å². The van der Waals surface area contributed by atoms with Crippen LogP contribution in [0, 0.1) is 18.2 Å². The smallest absolute Gasteiger partial charge is 0.261 e. The molecule has 0 radical (unpaired) electrons. The average Bonchev–Trinajstić information content (AvgIpc) is 4.03. The van der Waals surface area contributed by atoms with Gasteiger partial charge in [-0.3, -0.25) is 24.0 Å². The van der Waals surface area contributed by atoms with Crippen LogP contribution in [-0.4, -0.2) is 109 Å². The number of halogens is 1. The molecule has 2 fully saturated rings. The van der Waals surface area contributed by atoms with E-state index in [2.05, 4.69) is 35.5 Å². The van der Waals surface area contributed by atoms with Gasteiger partial charge < -0.3 is 46.1 Å². The number of likely N-dealkylation sites (tertiary alicyclic amines) is 1. The summed E-state index contributed by atoms with van der Waals surface area (Å²) in [6.07, 6.45) is 0.538. The number of H-pyrrole nitrogens is 2. The SMILES string of the molecule is Cc1ncsc1-c1ccc(CNC(=O)[C@H]2C[C@H](O)CN2C(=O)[C@H](NC(=O)CCCCC(=O)N2CCN(c3ccc4nc(-c5c(N)c6c(F)cccc6[nH]c5=O)[nH]c4c3)CC2)C(C)(C)C)cc1. The molecule has 2 aliphatic rings. The Balaban J connectivity index is 0.794. The van der Waals surface area contributed by atoms with Crippen LogP contribution < -0.4 is 26.8 Å². The zero-order valence-electron chi connectivity index (χ0n) is 37.4. The number of β-amino-alcohol motifs (C(OH)–C–C–N with tert-alkyl or cyclic N) is 1. The molecular weight excluding hydrogens is 864 g/mol. The van der Waals surface area contributed by atoms with E-state index in [9.17, 15) is 33.5 Å². The fourth-order valence-electron chi connectivity index (χ4n) is 8.83. The van der Waals surface area contributed by atoms with Crippen LogP contribution in [0.5, 0.6) is 0 Å². The monoisotopic (exact) mass is 918 g/mol. The van der Waals surface area contributed by atoms with Gasteiger partial charge in [0.1, 0.15) is 29.3 Å². The molecule has 0 bridgehead atoms. The summed E-state index contributed by atoms with van der Waals surface area (Å²) in [4.78, 5) is 88.3. The molecule has 2 saturated heterocycles. The lowest BCUT2D eigenvalue weighted by molar-refractivity contribution is -0.144. The topological polar surface area (TPSA) is 223 Å². The van der Waals surface area contributed by atoms with Gasteiger partial charge >= 0.3 is 0 Å². The number of nitrogens with zero attached hydrogens (tertiary/aromatic N) is 5. The number of fused-ring (bicyclic) bond motifs is 2. The van der Waals surface area contributed by atoms with Crippen LogP contribution >= 0.6 is 11.3 Å². The number of anilines is 2. The van der Waals surface area contributed by atoms with Crippen LogP contribution in [0.2, 0.25) is 0 Å². The lowest BCUT2D eigenvalue weighted by Crippen LogP contribution is -2.57. The molecule has 346 valence electrons. The van der Waals surface area contributed by atoms with Gasteiger partial charge in [0.2, 0.25) is 23.6 Å². The van der Waals surface area contributed by atoms with E-state index in [1.165, 1.54) is 17.0 Å². The Morgan fingerprint density at radius 3 is 2.44 bits per heavy atom. The number of aliphatic hydroxyl groups is 1. The Hall–Kier alpha value is -6.66. The van der Waals surface area contributed by atoms with Gasteiger partial charge in [-0.2, -0.15) is 0 Å². The van der Waals surface area contributed by atoms with Crippen molar-refractivity contribution in [1.29, 1.82) is 0 Å². The van der Waals surface area contributed by atoms with Gasteiger partial charge in [-0.25, -0.2) is 14.4 Å². The third-order valence-corrected chi connectivity index (χ3v) is 13.5. The molecule has 18 heteroatoms. The second-order valence-corrected chi connectivity index (χ2v) is 19.1. The van der Waals surface area contributed by atoms with Crippen LogP contribution in [0.4, 0.5) is 15.8 Å². The quantitative estimate of drug-likeness (QED) is 0.0827. The molecule has 6 aromatic rings. The molecule has 0 spiro atoms. The maximum Gasteiger partial charge on any atom is 0.261 e. The van der Waals surface area contributed by atoms with Crippen LogP contribution in [0.25, 0.3) is 43.8 Å². The summed E-state index contributed by atoms with van der Waals surface area (Å²) in [6.45, 7) is 9.94. The third kappa shape index (κ3) is 9.79. The number of piperazine rings is 1. The van der Waals surface area contributed by atoms with E-state index in [-0.39, 0.29) is 72.5 Å². The number of aliphatic hydroxyl groups excluding tert-OH is 1. The number of nitrogens with one attached hydrogen (secondary N) is 4. The van der Waals surface area contributed by atoms with Crippen LogP contribution in [0.3, 0.4) is 0 Å². The van der Waals surface area contributed by atoms with E-state index in [1.807, 2.05) is 80.6 Å². The number of nitrogens with two attached hydrogens (primary N) is 1. The van der Waals surface area contributed by atoms with Crippen molar-refractivity contribution in [2.45, 2.75) is 84.5 Å². The van der Waals surface area contributed by atoms with E-state index in [4.69, 9.17) is 5.73 Å². The van der Waals surface area contributed by atoms with Gasteiger partial charge in [-0.15, -0.1) is 11.3 Å². The molecule has 66 heavy (non-hydrogen) atoms. The number of aromatic nitrogens is 4. The summed E-state index contributed by atoms with van der Waals surface area (Å²) in [6, 6.07) is 16.1. The van der Waals surface area contributed by atoms with Crippen molar-refractivity contribution < 1.29 is 28.7 Å². The summed E-state index contributed by atoms with van der Waals surface area (Å²) in [5.74, 6) is -1.44. The number of aromatic amines is 2. The van der Waals surface area contributed by atoms with Crippen LogP contribution in [0.15, 0.2) is 71.0 Å². The lowest BCUT2D eigenvalue weighted by Gasteiger charge is -2.36. The number of carbonyl (C=O) groups excluding carboxylic acids is 4. The van der Waals surface area contributed by atoms with E-state index in [0.717, 1.165) is 27.4 Å². The number of hydrogen-bond acceptors (Lipinski definition) is 11. The van der Waals surface area contributed by atoms with E-state index in [0.29, 0.717) is 55.6 Å². The van der Waals surface area contributed by atoms with Crippen molar-refractivity contribution >= 4 is 68.3 Å². The molecule has 3 aromatic carbocycles. The van der Waals surface area contributed by atoms with Gasteiger partial charge in [-0.05, 0) is 66.6 Å². The first kappa shape index (κ1) is 45.9. The third-order valence-electron chi connectivity index (χ3n) is 12.5. The van der Waals surface area contributed by atoms with Crippen molar-refractivity contribution in [2.24, 2.45) is 5.41 Å². The van der Waals surface area contributed by atoms with Gasteiger partial charge in [0, 0.05) is 64.2 Å². The molecule has 5 heterocycles. The maximum absolute atomic E-state index is 14.7. The highest BCUT2D eigenvalue weighted by Crippen LogP contribution is 2.32. The number of unbranched alkanes of at least 4 members (excludes halogenated alkanes) is 1. The predicted octanol–water partition coefficient (Wildman–Crippen LogP) is 5.24. The molecule has 4 amide bonds. The van der Waals surface area contributed by atoms with Gasteiger partial charge in [0.25, 0.3) is 5.56 Å². The summed E-state index contributed by atoms with van der Waals surface area (Å²) >= 11 is 1.57. The Morgan fingerprint density at radius 2 is 1.73 bits per heavy atom.